The van der Waals surface area contributed by atoms with Crippen LogP contribution in [-0.2, 0) is 29.0 Å². The third-order valence-electron chi connectivity index (χ3n) is 7.03. The fourth-order valence-corrected chi connectivity index (χ4v) is 6.24. The van der Waals surface area contributed by atoms with Crippen molar-refractivity contribution >= 4 is 68.6 Å². The third kappa shape index (κ3) is 7.89. The summed E-state index contributed by atoms with van der Waals surface area (Å²) in [5.74, 6) is -4.22. The van der Waals surface area contributed by atoms with Gasteiger partial charge in [0.25, 0.3) is 10.1 Å². The summed E-state index contributed by atoms with van der Waals surface area (Å²) in [6.45, 7) is 4.70. The van der Waals surface area contributed by atoms with Crippen molar-refractivity contribution in [2.75, 3.05) is 23.8 Å². The number of aromatic nitrogens is 3. The number of carbonyl (C=O) groups excluding carboxylic acids is 3. The van der Waals surface area contributed by atoms with E-state index in [-0.39, 0.29) is 74.8 Å². The second kappa shape index (κ2) is 14.7. The van der Waals surface area contributed by atoms with Crippen molar-refractivity contribution in [2.45, 2.75) is 11.8 Å². The van der Waals surface area contributed by atoms with Crippen molar-refractivity contribution in [3.05, 3.63) is 93.4 Å². The number of nitrogens with zero attached hydrogens (tertiary/aromatic N) is 3. The van der Waals surface area contributed by atoms with Gasteiger partial charge in [-0.25, -0.2) is 10.1 Å². The predicted octanol–water partition coefficient (Wildman–Crippen LogP) is 3.87. The molecule has 0 aliphatic heterocycles. The van der Waals surface area contributed by atoms with E-state index in [0.717, 1.165) is 6.07 Å². The van der Waals surface area contributed by atoms with Crippen LogP contribution in [0.2, 0.25) is 5.28 Å². The molecular formula is C29H25ClN6O11S2. The molecule has 0 saturated heterocycles. The van der Waals surface area contributed by atoms with E-state index in [0.29, 0.717) is 12.0 Å². The molecule has 20 heteroatoms. The van der Waals surface area contributed by atoms with Crippen molar-refractivity contribution < 1.29 is 51.5 Å². The minimum atomic E-state index is -4.87. The Balaban J connectivity index is 1.48. The topological polar surface area (TPSA) is 251 Å². The molecule has 3 aromatic rings. The summed E-state index contributed by atoms with van der Waals surface area (Å²) in [6, 6.07) is 9.50. The molecule has 0 spiro atoms. The number of nitrogens with two attached hydrogens (primary N) is 1. The van der Waals surface area contributed by atoms with Crippen molar-refractivity contribution in [1.29, 1.82) is 0 Å². The highest BCUT2D eigenvalue weighted by molar-refractivity contribution is 7.98. The highest BCUT2D eigenvalue weighted by Gasteiger charge is 2.47. The predicted molar refractivity (Wildman–Crippen MR) is 173 cm³/mol. The lowest BCUT2D eigenvalue weighted by molar-refractivity contribution is -0.431. The van der Waals surface area contributed by atoms with Gasteiger partial charge in [-0.3, -0.25) is 14.1 Å². The number of ether oxygens (including phenoxy) is 2. The van der Waals surface area contributed by atoms with Crippen LogP contribution in [0, 0.1) is 11.8 Å². The lowest BCUT2D eigenvalue weighted by Gasteiger charge is -2.36. The molecule has 2 aliphatic carbocycles. The van der Waals surface area contributed by atoms with E-state index < -0.39 is 44.4 Å². The van der Waals surface area contributed by atoms with Gasteiger partial charge in [0, 0.05) is 33.8 Å². The zero-order chi connectivity index (χ0) is 35.5. The maximum Gasteiger partial charge on any atom is 0.333 e. The number of rotatable bonds is 13. The highest BCUT2D eigenvalue weighted by Crippen LogP contribution is 2.44. The van der Waals surface area contributed by atoms with Crippen LogP contribution in [-0.4, -0.2) is 63.9 Å². The van der Waals surface area contributed by atoms with Crippen LogP contribution in [0.25, 0.3) is 0 Å². The lowest BCUT2D eigenvalue weighted by atomic mass is 9.69. The Kier molecular flexibility index (Phi) is 10.6. The Labute approximate surface area is 287 Å². The van der Waals surface area contributed by atoms with Crippen molar-refractivity contribution in [3.8, 4) is 6.01 Å². The monoisotopic (exact) mass is 732 g/mol. The summed E-state index contributed by atoms with van der Waals surface area (Å²) in [4.78, 5) is 50.4. The minimum absolute atomic E-state index is 0.00406. The summed E-state index contributed by atoms with van der Waals surface area (Å²) in [5.41, 5.74) is 6.66. The molecule has 2 unspecified atom stereocenters. The molecule has 17 nitrogen and oxygen atoms in total. The maximum atomic E-state index is 13.8. The second-order valence-corrected chi connectivity index (χ2v) is 12.8. The van der Waals surface area contributed by atoms with E-state index in [4.69, 9.17) is 32.1 Å². The molecule has 0 radical (unpaired) electrons. The van der Waals surface area contributed by atoms with Gasteiger partial charge in [-0.1, -0.05) is 35.9 Å². The molecule has 0 amide bonds. The zero-order valence-corrected chi connectivity index (χ0v) is 27.5. The third-order valence-corrected chi connectivity index (χ3v) is 8.77. The van der Waals surface area contributed by atoms with Gasteiger partial charge in [-0.15, -0.1) is 4.33 Å². The Bertz CT molecular complexity index is 2040. The fraction of sp³-hybridized carbons (Fsp3) is 0.172. The Hall–Kier alpha value is -4.89. The number of ketones is 2. The van der Waals surface area contributed by atoms with Gasteiger partial charge in [0.2, 0.25) is 11.2 Å². The van der Waals surface area contributed by atoms with E-state index >= 15 is 0 Å². The molecule has 0 bridgehead atoms. The lowest BCUT2D eigenvalue weighted by Crippen LogP contribution is -2.43. The number of carbonyl (C=O) groups is 3. The number of Topliss-reactive ketones (excluding diaryl/α,β-unsaturated/α-hetero) is 2. The molecule has 256 valence electrons. The standard InChI is InChI=1S/C29H25ClN6O11S2/c1-13(2)26(39)44-9-10-45-29-35-27(30)34-28(36-29)32-14-7-8-20(49(41,42)43)17(11-14)33-18-12-19(48-47-46-40)23(31)22-21(18)24(37)15-5-3-4-6-16(15)25(22)38/h3-8,11-12,21-22,33,40H,1,9-10,31H2,2H3,(H,41,42,43)(H,32,34,35,36). The zero-order valence-electron chi connectivity index (χ0n) is 25.1. The molecule has 0 fully saturated rings. The summed E-state index contributed by atoms with van der Waals surface area (Å²) in [7, 11) is -4.87. The van der Waals surface area contributed by atoms with E-state index in [1.54, 1.807) is 12.1 Å². The number of hydrogen-bond donors (Lipinski definition) is 5. The number of nitrogens with one attached hydrogen (secondary N) is 2. The van der Waals surface area contributed by atoms with Gasteiger partial charge in [-0.05, 0) is 42.8 Å². The summed E-state index contributed by atoms with van der Waals surface area (Å²) >= 11 is 6.47. The molecule has 6 N–H and O–H groups in total. The van der Waals surface area contributed by atoms with Crippen LogP contribution in [0.1, 0.15) is 27.6 Å². The number of halogens is 1. The number of hydrogen-bond acceptors (Lipinski definition) is 17. The molecule has 0 saturated carbocycles. The van der Waals surface area contributed by atoms with Crippen LogP contribution >= 0.6 is 23.6 Å². The van der Waals surface area contributed by atoms with Crippen LogP contribution in [0.3, 0.4) is 0 Å². The first-order valence-electron chi connectivity index (χ1n) is 13.8. The summed E-state index contributed by atoms with van der Waals surface area (Å²) < 4.78 is 49.8. The van der Waals surface area contributed by atoms with Gasteiger partial charge in [0.05, 0.1) is 34.5 Å². The number of benzene rings is 2. The average Bonchev–Trinajstić information content (AvgIpc) is 3.04. The van der Waals surface area contributed by atoms with Crippen LogP contribution < -0.4 is 21.1 Å². The van der Waals surface area contributed by atoms with Gasteiger partial charge in [0.15, 0.2) is 11.6 Å². The minimum Gasteiger partial charge on any atom is -0.460 e. The molecule has 1 heterocycles. The average molecular weight is 733 g/mol. The van der Waals surface area contributed by atoms with Gasteiger partial charge >= 0.3 is 12.0 Å². The quantitative estimate of drug-likeness (QED) is 0.0318. The highest BCUT2D eigenvalue weighted by atomic mass is 35.5. The van der Waals surface area contributed by atoms with E-state index in [9.17, 15) is 27.4 Å². The van der Waals surface area contributed by atoms with E-state index in [2.05, 4.69) is 41.5 Å². The van der Waals surface area contributed by atoms with Gasteiger partial charge in [0.1, 0.15) is 18.1 Å². The van der Waals surface area contributed by atoms with Gasteiger partial charge in [-0.2, -0.15) is 23.4 Å². The smallest absolute Gasteiger partial charge is 0.333 e. The normalized spacial score (nSPS) is 17.1. The van der Waals surface area contributed by atoms with E-state index in [1.807, 2.05) is 0 Å². The Morgan fingerprint density at radius 1 is 1.06 bits per heavy atom. The maximum absolute atomic E-state index is 13.8. The summed E-state index contributed by atoms with van der Waals surface area (Å²) in [6.07, 6.45) is 1.32. The first kappa shape index (κ1) is 35.4. The Morgan fingerprint density at radius 3 is 2.41 bits per heavy atom. The molecule has 2 aliphatic rings. The first-order valence-corrected chi connectivity index (χ1v) is 16.4. The van der Waals surface area contributed by atoms with Crippen molar-refractivity contribution in [3.63, 3.8) is 0 Å². The largest absolute Gasteiger partial charge is 0.460 e. The van der Waals surface area contributed by atoms with Crippen molar-refractivity contribution in [1.82, 2.24) is 15.0 Å². The molecule has 1 aromatic heterocycles. The molecule has 2 atom stereocenters. The van der Waals surface area contributed by atoms with Crippen LogP contribution in [0.4, 0.5) is 17.3 Å². The molecular weight excluding hydrogens is 708 g/mol. The number of esters is 1. The van der Waals surface area contributed by atoms with Gasteiger partial charge < -0.3 is 25.8 Å². The number of anilines is 3. The van der Waals surface area contributed by atoms with E-state index in [1.165, 1.54) is 37.3 Å². The van der Waals surface area contributed by atoms with Crippen LogP contribution in [0.15, 0.2) is 81.9 Å². The molecule has 49 heavy (non-hydrogen) atoms. The SMILES string of the molecule is C=C(C)C(=O)OCCOc1nc(Cl)nc(Nc2ccc(S(=O)(=O)O)c(NC3=CC(SOOO)=C(N)C4C(=O)c5ccccc5C(=O)C34)c2)n1. The number of allylic oxidation sites excluding steroid dienone is 3. The molecule has 2 aromatic carbocycles. The van der Waals surface area contributed by atoms with Crippen LogP contribution in [0.5, 0.6) is 6.01 Å². The second-order valence-electron chi connectivity index (χ2n) is 10.3. The first-order chi connectivity index (χ1) is 23.3. The summed E-state index contributed by atoms with van der Waals surface area (Å²) in [5, 5.41) is 17.8. The van der Waals surface area contributed by atoms with Crippen molar-refractivity contribution in [2.24, 2.45) is 17.6 Å². The Morgan fingerprint density at radius 2 is 1.76 bits per heavy atom. The molecule has 5 rings (SSSR count). The number of fused-ring (bicyclic) bond motifs is 2. The fourth-order valence-electron chi connectivity index (χ4n) is 4.96.